The normalized spacial score (nSPS) is 14.1. The van der Waals surface area contributed by atoms with Crippen LogP contribution in [0.2, 0.25) is 0 Å². The summed E-state index contributed by atoms with van der Waals surface area (Å²) in [6.45, 7) is 11.9. The molecule has 0 saturated heterocycles. The second kappa shape index (κ2) is 9.07. The Morgan fingerprint density at radius 2 is 1.50 bits per heavy atom. The van der Waals surface area contributed by atoms with Gasteiger partial charge in [-0.15, -0.1) is 0 Å². The van der Waals surface area contributed by atoms with Crippen molar-refractivity contribution in [2.75, 3.05) is 0 Å². The molecule has 0 aromatic heterocycles. The smallest absolute Gasteiger partial charge is 0.0354 e. The quantitative estimate of drug-likeness (QED) is 0.389. The van der Waals surface area contributed by atoms with Crippen LogP contribution < -0.4 is 0 Å². The van der Waals surface area contributed by atoms with E-state index in [4.69, 9.17) is 0 Å². The molecule has 0 aromatic carbocycles. The first-order valence-corrected chi connectivity index (χ1v) is 7.52. The van der Waals surface area contributed by atoms with Gasteiger partial charge in [0.1, 0.15) is 0 Å². The Balaban J connectivity index is 3.53. The molecule has 0 fully saturated rings. The van der Waals surface area contributed by atoms with Gasteiger partial charge in [0.2, 0.25) is 0 Å². The summed E-state index contributed by atoms with van der Waals surface area (Å²) in [5.74, 6) is 0.927. The van der Waals surface area contributed by atoms with Crippen molar-refractivity contribution >= 4 is 0 Å². The summed E-state index contributed by atoms with van der Waals surface area (Å²) in [5.41, 5.74) is 0.585. The molecule has 0 nitrogen and oxygen atoms in total. The summed E-state index contributed by atoms with van der Waals surface area (Å²) in [5, 5.41) is 0. The number of hydrogen-bond donors (Lipinski definition) is 0. The Labute approximate surface area is 104 Å². The molecule has 0 spiro atoms. The first-order valence-electron chi connectivity index (χ1n) is 7.52. The molecule has 0 saturated carbocycles. The summed E-state index contributed by atoms with van der Waals surface area (Å²) < 4.78 is 0. The van der Waals surface area contributed by atoms with Gasteiger partial charge in [0.15, 0.2) is 0 Å². The van der Waals surface area contributed by atoms with Crippen molar-refractivity contribution in [2.45, 2.75) is 92.4 Å². The SMILES string of the molecule is CCCCCCC(C)(C)CCCC(C)CC. The minimum absolute atomic E-state index is 0.585. The van der Waals surface area contributed by atoms with E-state index in [0.29, 0.717) is 5.41 Å². The van der Waals surface area contributed by atoms with E-state index in [9.17, 15) is 0 Å². The Morgan fingerprint density at radius 3 is 2.06 bits per heavy atom. The molecule has 0 N–H and O–H groups in total. The van der Waals surface area contributed by atoms with E-state index in [0.717, 1.165) is 5.92 Å². The lowest BCUT2D eigenvalue weighted by atomic mass is 9.81. The largest absolute Gasteiger partial charge is 0.0654 e. The van der Waals surface area contributed by atoms with Crippen LogP contribution in [0, 0.1) is 11.3 Å². The zero-order valence-corrected chi connectivity index (χ0v) is 12.4. The highest BCUT2D eigenvalue weighted by Crippen LogP contribution is 2.30. The molecule has 0 aromatic rings. The highest BCUT2D eigenvalue weighted by Gasteiger charge is 2.16. The van der Waals surface area contributed by atoms with Gasteiger partial charge in [0.05, 0.1) is 0 Å². The van der Waals surface area contributed by atoms with Crippen molar-refractivity contribution < 1.29 is 0 Å². The highest BCUT2D eigenvalue weighted by atomic mass is 14.2. The first kappa shape index (κ1) is 16.0. The number of unbranched alkanes of at least 4 members (excludes halogenated alkanes) is 3. The van der Waals surface area contributed by atoms with Gasteiger partial charge in [-0.25, -0.2) is 0 Å². The van der Waals surface area contributed by atoms with Gasteiger partial charge in [-0.3, -0.25) is 0 Å². The van der Waals surface area contributed by atoms with E-state index in [1.54, 1.807) is 0 Å². The fourth-order valence-corrected chi connectivity index (χ4v) is 2.29. The monoisotopic (exact) mass is 226 g/mol. The summed E-state index contributed by atoms with van der Waals surface area (Å²) in [4.78, 5) is 0. The molecule has 0 aliphatic heterocycles. The number of rotatable bonds is 10. The second-order valence-corrected chi connectivity index (χ2v) is 6.38. The Bertz CT molecular complexity index is 146. The summed E-state index contributed by atoms with van der Waals surface area (Å²) in [6, 6.07) is 0. The standard InChI is InChI=1S/C16H34/c1-6-8-9-10-13-16(4,5)14-11-12-15(3)7-2/h15H,6-14H2,1-5H3. The van der Waals surface area contributed by atoms with Crippen LogP contribution in [0.1, 0.15) is 92.4 Å². The van der Waals surface area contributed by atoms with Crippen molar-refractivity contribution in [3.8, 4) is 0 Å². The molecular weight excluding hydrogens is 192 g/mol. The van der Waals surface area contributed by atoms with Crippen LogP contribution in [0.5, 0.6) is 0 Å². The maximum Gasteiger partial charge on any atom is -0.0354 e. The third-order valence-corrected chi connectivity index (χ3v) is 3.95. The van der Waals surface area contributed by atoms with Crippen molar-refractivity contribution in [1.82, 2.24) is 0 Å². The lowest BCUT2D eigenvalue weighted by molar-refractivity contribution is 0.275. The van der Waals surface area contributed by atoms with Gasteiger partial charge >= 0.3 is 0 Å². The van der Waals surface area contributed by atoms with E-state index in [2.05, 4.69) is 34.6 Å². The van der Waals surface area contributed by atoms with Crippen molar-refractivity contribution in [3.63, 3.8) is 0 Å². The molecule has 0 aliphatic carbocycles. The lowest BCUT2D eigenvalue weighted by Gasteiger charge is -2.25. The maximum atomic E-state index is 2.45. The summed E-state index contributed by atoms with van der Waals surface area (Å²) in [7, 11) is 0. The lowest BCUT2D eigenvalue weighted by Crippen LogP contribution is -2.11. The van der Waals surface area contributed by atoms with Crippen LogP contribution >= 0.6 is 0 Å². The van der Waals surface area contributed by atoms with E-state index in [-0.39, 0.29) is 0 Å². The van der Waals surface area contributed by atoms with Crippen molar-refractivity contribution in [1.29, 1.82) is 0 Å². The van der Waals surface area contributed by atoms with Gasteiger partial charge in [0.25, 0.3) is 0 Å². The molecule has 98 valence electrons. The zero-order valence-electron chi connectivity index (χ0n) is 12.4. The van der Waals surface area contributed by atoms with Crippen molar-refractivity contribution in [2.24, 2.45) is 11.3 Å². The first-order chi connectivity index (χ1) is 7.52. The Morgan fingerprint density at radius 1 is 0.875 bits per heavy atom. The Kier molecular flexibility index (Phi) is 9.07. The topological polar surface area (TPSA) is 0 Å². The van der Waals surface area contributed by atoms with Gasteiger partial charge < -0.3 is 0 Å². The van der Waals surface area contributed by atoms with Gasteiger partial charge in [-0.05, 0) is 24.2 Å². The molecule has 0 heteroatoms. The molecule has 0 aliphatic rings. The minimum Gasteiger partial charge on any atom is -0.0654 e. The van der Waals surface area contributed by atoms with Gasteiger partial charge in [-0.1, -0.05) is 79.6 Å². The molecule has 16 heavy (non-hydrogen) atoms. The van der Waals surface area contributed by atoms with E-state index < -0.39 is 0 Å². The molecule has 0 amide bonds. The molecule has 0 heterocycles. The maximum absolute atomic E-state index is 2.45. The van der Waals surface area contributed by atoms with Crippen LogP contribution in [-0.4, -0.2) is 0 Å². The molecule has 0 bridgehead atoms. The number of hydrogen-bond acceptors (Lipinski definition) is 0. The molecule has 1 unspecified atom stereocenters. The highest BCUT2D eigenvalue weighted by molar-refractivity contribution is 4.69. The molecule has 0 rings (SSSR count). The molecule has 1 atom stereocenters. The summed E-state index contributed by atoms with van der Waals surface area (Å²) >= 11 is 0. The molecule has 0 radical (unpaired) electrons. The molecular formula is C16H34. The average Bonchev–Trinajstić information content (AvgIpc) is 2.24. The Hall–Kier alpha value is 0. The van der Waals surface area contributed by atoms with Gasteiger partial charge in [0, 0.05) is 0 Å². The van der Waals surface area contributed by atoms with Gasteiger partial charge in [-0.2, -0.15) is 0 Å². The van der Waals surface area contributed by atoms with E-state index >= 15 is 0 Å². The third kappa shape index (κ3) is 9.24. The predicted molar refractivity (Wildman–Crippen MR) is 75.8 cm³/mol. The van der Waals surface area contributed by atoms with Crippen molar-refractivity contribution in [3.05, 3.63) is 0 Å². The van der Waals surface area contributed by atoms with Crippen LogP contribution in [-0.2, 0) is 0 Å². The third-order valence-electron chi connectivity index (χ3n) is 3.95. The van der Waals surface area contributed by atoms with Crippen LogP contribution in [0.3, 0.4) is 0 Å². The second-order valence-electron chi connectivity index (χ2n) is 6.38. The fraction of sp³-hybridized carbons (Fsp3) is 1.00. The minimum atomic E-state index is 0.585. The average molecular weight is 226 g/mol. The van der Waals surface area contributed by atoms with E-state index in [1.165, 1.54) is 57.8 Å². The van der Waals surface area contributed by atoms with Crippen LogP contribution in [0.25, 0.3) is 0 Å². The van der Waals surface area contributed by atoms with E-state index in [1.807, 2.05) is 0 Å². The fourth-order valence-electron chi connectivity index (χ4n) is 2.29. The predicted octanol–water partition coefficient (Wildman–Crippen LogP) is 6.20. The van der Waals surface area contributed by atoms with Crippen LogP contribution in [0.4, 0.5) is 0 Å². The zero-order chi connectivity index (χ0) is 12.4. The summed E-state index contributed by atoms with van der Waals surface area (Å²) in [6.07, 6.45) is 12.7. The van der Waals surface area contributed by atoms with Crippen LogP contribution in [0.15, 0.2) is 0 Å².